The maximum absolute atomic E-state index is 6.16. The van der Waals surface area contributed by atoms with Crippen LogP contribution in [-0.4, -0.2) is 38.3 Å². The Balaban J connectivity index is 2.60. The summed E-state index contributed by atoms with van der Waals surface area (Å²) in [6.45, 7) is 8.20. The van der Waals surface area contributed by atoms with Gasteiger partial charge in [0.1, 0.15) is 5.82 Å². The monoisotopic (exact) mass is 285 g/mol. The molecular weight excluding hydrogens is 262 g/mol. The molecule has 0 spiro atoms. The Morgan fingerprint density at radius 3 is 2.89 bits per heavy atom. The van der Waals surface area contributed by atoms with Gasteiger partial charge in [0.2, 0.25) is 0 Å². The van der Waals surface area contributed by atoms with Crippen molar-refractivity contribution in [3.8, 4) is 0 Å². The Bertz CT molecular complexity index is 374. The molecule has 0 saturated carbocycles. The van der Waals surface area contributed by atoms with Gasteiger partial charge in [-0.2, -0.15) is 0 Å². The molecule has 0 aliphatic heterocycles. The van der Waals surface area contributed by atoms with E-state index in [9.17, 15) is 0 Å². The molecule has 4 nitrogen and oxygen atoms in total. The Hall–Kier alpha value is -0.840. The fourth-order valence-electron chi connectivity index (χ4n) is 1.67. The van der Waals surface area contributed by atoms with E-state index >= 15 is 0 Å². The molecule has 1 heterocycles. The molecule has 0 atom stereocenters. The standard InChI is InChI=1S/C14H24ClN3O/c1-4-6-16-10-12-9-14(17-11-13(12)15)18(3)7-8-19-5-2/h9,11,16H,4-8,10H2,1-3H3. The summed E-state index contributed by atoms with van der Waals surface area (Å²) < 4.78 is 5.35. The van der Waals surface area contributed by atoms with Gasteiger partial charge in [-0.1, -0.05) is 18.5 Å². The van der Waals surface area contributed by atoms with E-state index in [1.807, 2.05) is 20.0 Å². The quantitative estimate of drug-likeness (QED) is 0.708. The fourth-order valence-corrected chi connectivity index (χ4v) is 1.84. The highest BCUT2D eigenvalue weighted by atomic mass is 35.5. The van der Waals surface area contributed by atoms with Crippen LogP contribution in [0.15, 0.2) is 12.3 Å². The van der Waals surface area contributed by atoms with Crippen LogP contribution in [0.3, 0.4) is 0 Å². The minimum Gasteiger partial charge on any atom is -0.380 e. The van der Waals surface area contributed by atoms with Crippen LogP contribution in [0, 0.1) is 0 Å². The molecule has 19 heavy (non-hydrogen) atoms. The average molecular weight is 286 g/mol. The van der Waals surface area contributed by atoms with Gasteiger partial charge in [-0.05, 0) is 31.5 Å². The van der Waals surface area contributed by atoms with Gasteiger partial charge in [-0.3, -0.25) is 0 Å². The van der Waals surface area contributed by atoms with Crippen LogP contribution in [0.4, 0.5) is 5.82 Å². The zero-order chi connectivity index (χ0) is 14.1. The number of hydrogen-bond acceptors (Lipinski definition) is 4. The van der Waals surface area contributed by atoms with Crippen molar-refractivity contribution in [3.63, 3.8) is 0 Å². The van der Waals surface area contributed by atoms with Gasteiger partial charge in [0.25, 0.3) is 0 Å². The molecule has 0 radical (unpaired) electrons. The second-order valence-electron chi connectivity index (χ2n) is 4.43. The molecule has 0 saturated heterocycles. The molecule has 0 unspecified atom stereocenters. The summed E-state index contributed by atoms with van der Waals surface area (Å²) in [5.74, 6) is 0.928. The van der Waals surface area contributed by atoms with Crippen molar-refractivity contribution in [1.82, 2.24) is 10.3 Å². The van der Waals surface area contributed by atoms with Crippen LogP contribution >= 0.6 is 11.6 Å². The molecular formula is C14H24ClN3O. The van der Waals surface area contributed by atoms with Gasteiger partial charge >= 0.3 is 0 Å². The van der Waals surface area contributed by atoms with E-state index in [2.05, 4.69) is 22.1 Å². The summed E-state index contributed by atoms with van der Waals surface area (Å²) in [4.78, 5) is 6.44. The lowest BCUT2D eigenvalue weighted by Crippen LogP contribution is -2.24. The maximum atomic E-state index is 6.16. The smallest absolute Gasteiger partial charge is 0.128 e. The molecule has 0 fully saturated rings. The Morgan fingerprint density at radius 1 is 1.42 bits per heavy atom. The summed E-state index contributed by atoms with van der Waals surface area (Å²) in [5.41, 5.74) is 1.09. The molecule has 0 amide bonds. The van der Waals surface area contributed by atoms with E-state index in [-0.39, 0.29) is 0 Å². The first-order valence-corrected chi connectivity index (χ1v) is 7.20. The predicted octanol–water partition coefficient (Wildman–Crippen LogP) is 2.71. The predicted molar refractivity (Wildman–Crippen MR) is 81.0 cm³/mol. The van der Waals surface area contributed by atoms with Gasteiger partial charge in [-0.25, -0.2) is 4.98 Å². The molecule has 0 bridgehead atoms. The van der Waals surface area contributed by atoms with Crippen LogP contribution in [0.1, 0.15) is 25.8 Å². The largest absolute Gasteiger partial charge is 0.380 e. The maximum Gasteiger partial charge on any atom is 0.128 e. The van der Waals surface area contributed by atoms with E-state index in [0.717, 1.165) is 44.0 Å². The van der Waals surface area contributed by atoms with Gasteiger partial charge < -0.3 is 15.0 Å². The van der Waals surface area contributed by atoms with E-state index in [1.165, 1.54) is 0 Å². The van der Waals surface area contributed by atoms with Gasteiger partial charge in [-0.15, -0.1) is 0 Å². The van der Waals surface area contributed by atoms with Crippen LogP contribution in [0.25, 0.3) is 0 Å². The minimum absolute atomic E-state index is 0.709. The van der Waals surface area contributed by atoms with Crippen molar-refractivity contribution in [1.29, 1.82) is 0 Å². The topological polar surface area (TPSA) is 37.4 Å². The van der Waals surface area contributed by atoms with Crippen molar-refractivity contribution in [2.75, 3.05) is 38.3 Å². The second-order valence-corrected chi connectivity index (χ2v) is 4.84. The molecule has 1 aromatic rings. The first-order chi connectivity index (χ1) is 9.19. The molecule has 5 heteroatoms. The molecule has 1 aromatic heterocycles. The number of ether oxygens (including phenoxy) is 1. The summed E-state index contributed by atoms with van der Waals surface area (Å²) in [6.07, 6.45) is 2.83. The van der Waals surface area contributed by atoms with Gasteiger partial charge in [0.15, 0.2) is 0 Å². The molecule has 0 aliphatic carbocycles. The number of halogens is 1. The van der Waals surface area contributed by atoms with E-state index in [4.69, 9.17) is 16.3 Å². The Kier molecular flexibility index (Phi) is 7.79. The molecule has 1 rings (SSSR count). The Labute approximate surface area is 121 Å². The van der Waals surface area contributed by atoms with E-state index in [1.54, 1.807) is 6.20 Å². The van der Waals surface area contributed by atoms with E-state index < -0.39 is 0 Å². The third kappa shape index (κ3) is 5.76. The summed E-state index contributed by atoms with van der Waals surface area (Å²) in [6, 6.07) is 2.04. The summed E-state index contributed by atoms with van der Waals surface area (Å²) in [7, 11) is 2.01. The van der Waals surface area contributed by atoms with Gasteiger partial charge in [0, 0.05) is 32.9 Å². The summed E-state index contributed by atoms with van der Waals surface area (Å²) in [5, 5.41) is 4.07. The minimum atomic E-state index is 0.709. The number of anilines is 1. The number of nitrogens with one attached hydrogen (secondary N) is 1. The van der Waals surface area contributed by atoms with Crippen LogP contribution in [0.5, 0.6) is 0 Å². The van der Waals surface area contributed by atoms with Crippen molar-refractivity contribution < 1.29 is 4.74 Å². The first-order valence-electron chi connectivity index (χ1n) is 6.83. The molecule has 1 N–H and O–H groups in total. The SMILES string of the molecule is CCCNCc1cc(N(C)CCOCC)ncc1Cl. The Morgan fingerprint density at radius 2 is 2.21 bits per heavy atom. The zero-order valence-electron chi connectivity index (χ0n) is 12.1. The highest BCUT2D eigenvalue weighted by Crippen LogP contribution is 2.19. The van der Waals surface area contributed by atoms with Crippen molar-refractivity contribution in [3.05, 3.63) is 22.8 Å². The lowest BCUT2D eigenvalue weighted by Gasteiger charge is -2.19. The number of hydrogen-bond donors (Lipinski definition) is 1. The third-order valence-corrected chi connectivity index (χ3v) is 3.17. The van der Waals surface area contributed by atoms with Crippen LogP contribution in [-0.2, 0) is 11.3 Å². The van der Waals surface area contributed by atoms with Crippen molar-refractivity contribution in [2.45, 2.75) is 26.8 Å². The molecule has 0 aromatic carbocycles. The zero-order valence-corrected chi connectivity index (χ0v) is 12.8. The van der Waals surface area contributed by atoms with Crippen LogP contribution in [0.2, 0.25) is 5.02 Å². The number of pyridine rings is 1. The second kappa shape index (κ2) is 9.13. The number of aromatic nitrogens is 1. The lowest BCUT2D eigenvalue weighted by molar-refractivity contribution is 0.154. The summed E-state index contributed by atoms with van der Waals surface area (Å²) >= 11 is 6.16. The normalized spacial score (nSPS) is 10.7. The lowest BCUT2D eigenvalue weighted by atomic mass is 10.2. The van der Waals surface area contributed by atoms with E-state index in [0.29, 0.717) is 11.6 Å². The van der Waals surface area contributed by atoms with Crippen molar-refractivity contribution in [2.24, 2.45) is 0 Å². The molecule has 0 aliphatic rings. The fraction of sp³-hybridized carbons (Fsp3) is 0.643. The third-order valence-electron chi connectivity index (χ3n) is 2.83. The molecule has 108 valence electrons. The number of likely N-dealkylation sites (N-methyl/N-ethyl adjacent to an activating group) is 1. The van der Waals surface area contributed by atoms with Crippen LogP contribution < -0.4 is 10.2 Å². The first kappa shape index (κ1) is 16.2. The van der Waals surface area contributed by atoms with Crippen molar-refractivity contribution >= 4 is 17.4 Å². The highest BCUT2D eigenvalue weighted by Gasteiger charge is 2.07. The average Bonchev–Trinajstić information content (AvgIpc) is 2.41. The number of rotatable bonds is 9. The van der Waals surface area contributed by atoms with Gasteiger partial charge in [0.05, 0.1) is 11.6 Å². The highest BCUT2D eigenvalue weighted by molar-refractivity contribution is 6.31. The number of nitrogens with zero attached hydrogens (tertiary/aromatic N) is 2.